The molecule has 2 saturated heterocycles. The highest BCUT2D eigenvalue weighted by molar-refractivity contribution is 5.95. The van der Waals surface area contributed by atoms with E-state index in [2.05, 4.69) is 17.1 Å². The van der Waals surface area contributed by atoms with E-state index in [9.17, 15) is 9.59 Å². The van der Waals surface area contributed by atoms with Gasteiger partial charge in [-0.15, -0.1) is 0 Å². The van der Waals surface area contributed by atoms with Crippen LogP contribution in [0.25, 0.3) is 0 Å². The van der Waals surface area contributed by atoms with Gasteiger partial charge in [-0.2, -0.15) is 0 Å². The normalized spacial score (nSPS) is 19.0. The van der Waals surface area contributed by atoms with Gasteiger partial charge in [0.05, 0.1) is 0 Å². The summed E-state index contributed by atoms with van der Waals surface area (Å²) in [5.74, 6) is 1.08. The minimum Gasteiger partial charge on any atom is -0.484 e. The molecule has 0 bridgehead atoms. The summed E-state index contributed by atoms with van der Waals surface area (Å²) in [6.07, 6.45) is 4.06. The number of anilines is 1. The first kappa shape index (κ1) is 18.7. The summed E-state index contributed by atoms with van der Waals surface area (Å²) in [6.45, 7) is 6.96. The Morgan fingerprint density at radius 1 is 1.23 bits per heavy atom. The van der Waals surface area contributed by atoms with Gasteiger partial charge >= 0.3 is 0 Å². The average molecular weight is 359 g/mol. The highest BCUT2D eigenvalue weighted by Crippen LogP contribution is 2.25. The van der Waals surface area contributed by atoms with Gasteiger partial charge in [0.15, 0.2) is 6.61 Å². The molecule has 1 aromatic rings. The highest BCUT2D eigenvalue weighted by atomic mass is 16.5. The molecular weight excluding hydrogens is 330 g/mol. The van der Waals surface area contributed by atoms with E-state index in [-0.39, 0.29) is 18.4 Å². The minimum atomic E-state index is -0.110. The number of carbonyl (C=O) groups is 2. The van der Waals surface area contributed by atoms with Crippen molar-refractivity contribution in [3.05, 3.63) is 24.3 Å². The van der Waals surface area contributed by atoms with Gasteiger partial charge in [0, 0.05) is 37.8 Å². The van der Waals surface area contributed by atoms with Crippen molar-refractivity contribution in [1.29, 1.82) is 0 Å². The van der Waals surface area contributed by atoms with Crippen LogP contribution in [0.2, 0.25) is 0 Å². The van der Waals surface area contributed by atoms with Gasteiger partial charge in [-0.05, 0) is 50.4 Å². The zero-order chi connectivity index (χ0) is 18.4. The molecule has 2 fully saturated rings. The summed E-state index contributed by atoms with van der Waals surface area (Å²) in [5.41, 5.74) is 0.838. The Labute approximate surface area is 155 Å². The molecule has 26 heavy (non-hydrogen) atoms. The predicted molar refractivity (Wildman–Crippen MR) is 101 cm³/mol. The Kier molecular flexibility index (Phi) is 6.50. The van der Waals surface area contributed by atoms with Crippen LogP contribution < -0.4 is 15.0 Å². The maximum absolute atomic E-state index is 12.0. The third-order valence-corrected chi connectivity index (χ3v) is 4.99. The zero-order valence-corrected chi connectivity index (χ0v) is 15.6. The van der Waals surface area contributed by atoms with Gasteiger partial charge in [-0.1, -0.05) is 13.0 Å². The Hall–Kier alpha value is -2.08. The van der Waals surface area contributed by atoms with Gasteiger partial charge in [0.25, 0.3) is 5.91 Å². The van der Waals surface area contributed by atoms with E-state index >= 15 is 0 Å². The first-order valence-corrected chi connectivity index (χ1v) is 9.64. The number of likely N-dealkylation sites (tertiary alicyclic amines) is 1. The van der Waals surface area contributed by atoms with Crippen LogP contribution in [0.4, 0.5) is 5.69 Å². The molecule has 1 aromatic carbocycles. The van der Waals surface area contributed by atoms with Crippen molar-refractivity contribution < 1.29 is 14.3 Å². The maximum atomic E-state index is 12.0. The molecule has 6 heteroatoms. The summed E-state index contributed by atoms with van der Waals surface area (Å²) in [4.78, 5) is 28.1. The largest absolute Gasteiger partial charge is 0.484 e. The second-order valence-corrected chi connectivity index (χ2v) is 7.35. The van der Waals surface area contributed by atoms with Crippen molar-refractivity contribution in [1.82, 2.24) is 10.2 Å². The molecule has 2 heterocycles. The van der Waals surface area contributed by atoms with Crippen molar-refractivity contribution in [2.24, 2.45) is 5.92 Å². The van der Waals surface area contributed by atoms with E-state index in [1.807, 2.05) is 24.3 Å². The van der Waals surface area contributed by atoms with Crippen LogP contribution in [0.15, 0.2) is 24.3 Å². The lowest BCUT2D eigenvalue weighted by molar-refractivity contribution is -0.123. The SMILES string of the molecule is CC(CNC(=O)COc1cccc(N2CCCC2=O)c1)CN1CCCC1. The predicted octanol–water partition coefficient (Wildman–Crippen LogP) is 2.04. The van der Waals surface area contributed by atoms with Gasteiger partial charge < -0.3 is 19.9 Å². The van der Waals surface area contributed by atoms with Crippen LogP contribution in [-0.4, -0.2) is 56.0 Å². The molecule has 1 N–H and O–H groups in total. The molecule has 1 unspecified atom stereocenters. The summed E-state index contributed by atoms with van der Waals surface area (Å²) in [6, 6.07) is 7.39. The topological polar surface area (TPSA) is 61.9 Å². The number of hydrogen-bond donors (Lipinski definition) is 1. The molecule has 1 atom stereocenters. The van der Waals surface area contributed by atoms with E-state index in [0.29, 0.717) is 24.6 Å². The molecule has 2 aliphatic rings. The summed E-state index contributed by atoms with van der Waals surface area (Å²) in [7, 11) is 0. The molecule has 3 rings (SSSR count). The molecule has 2 amide bonds. The number of rotatable bonds is 8. The molecule has 0 aromatic heterocycles. The number of ether oxygens (including phenoxy) is 1. The minimum absolute atomic E-state index is 0.00612. The smallest absolute Gasteiger partial charge is 0.257 e. The van der Waals surface area contributed by atoms with E-state index in [1.54, 1.807) is 4.90 Å². The molecular formula is C20H29N3O3. The molecule has 6 nitrogen and oxygen atoms in total. The lowest BCUT2D eigenvalue weighted by Crippen LogP contribution is -2.36. The fourth-order valence-electron chi connectivity index (χ4n) is 3.62. The standard InChI is InChI=1S/C20H29N3O3/c1-16(14-22-9-2-3-10-22)13-21-19(24)15-26-18-7-4-6-17(12-18)23-11-5-8-20(23)25/h4,6-7,12,16H,2-3,5,8-11,13-15H2,1H3,(H,21,24). The van der Waals surface area contributed by atoms with Crippen molar-refractivity contribution in [2.45, 2.75) is 32.6 Å². The molecule has 0 saturated carbocycles. The van der Waals surface area contributed by atoms with Gasteiger partial charge in [-0.25, -0.2) is 0 Å². The summed E-state index contributed by atoms with van der Waals surface area (Å²) in [5, 5.41) is 2.95. The Bertz CT molecular complexity index is 628. The number of benzene rings is 1. The first-order valence-electron chi connectivity index (χ1n) is 9.64. The monoisotopic (exact) mass is 359 g/mol. The lowest BCUT2D eigenvalue weighted by atomic mass is 10.1. The first-order chi connectivity index (χ1) is 12.6. The Balaban J connectivity index is 1.40. The van der Waals surface area contributed by atoms with Crippen LogP contribution in [0.5, 0.6) is 5.75 Å². The lowest BCUT2D eigenvalue weighted by Gasteiger charge is -2.20. The fourth-order valence-corrected chi connectivity index (χ4v) is 3.62. The molecule has 2 aliphatic heterocycles. The van der Waals surface area contributed by atoms with Crippen molar-refractivity contribution >= 4 is 17.5 Å². The fraction of sp³-hybridized carbons (Fsp3) is 0.600. The number of carbonyl (C=O) groups excluding carboxylic acids is 2. The van der Waals surface area contributed by atoms with E-state index in [1.165, 1.54) is 25.9 Å². The second-order valence-electron chi connectivity index (χ2n) is 7.35. The van der Waals surface area contributed by atoms with Crippen LogP contribution in [-0.2, 0) is 9.59 Å². The molecule has 0 spiro atoms. The van der Waals surface area contributed by atoms with Crippen LogP contribution in [0.3, 0.4) is 0 Å². The van der Waals surface area contributed by atoms with Crippen LogP contribution in [0, 0.1) is 5.92 Å². The van der Waals surface area contributed by atoms with Crippen LogP contribution >= 0.6 is 0 Å². The summed E-state index contributed by atoms with van der Waals surface area (Å²) >= 11 is 0. The van der Waals surface area contributed by atoms with E-state index in [4.69, 9.17) is 4.74 Å². The summed E-state index contributed by atoms with van der Waals surface area (Å²) < 4.78 is 5.61. The Morgan fingerprint density at radius 3 is 2.77 bits per heavy atom. The van der Waals surface area contributed by atoms with Gasteiger partial charge in [-0.3, -0.25) is 9.59 Å². The Morgan fingerprint density at radius 2 is 2.04 bits per heavy atom. The highest BCUT2D eigenvalue weighted by Gasteiger charge is 2.22. The molecule has 0 aliphatic carbocycles. The van der Waals surface area contributed by atoms with Gasteiger partial charge in [0.1, 0.15) is 5.75 Å². The third-order valence-electron chi connectivity index (χ3n) is 4.99. The molecule has 142 valence electrons. The maximum Gasteiger partial charge on any atom is 0.257 e. The third kappa shape index (κ3) is 5.21. The van der Waals surface area contributed by atoms with Crippen molar-refractivity contribution in [3.8, 4) is 5.75 Å². The number of hydrogen-bond acceptors (Lipinski definition) is 4. The second kappa shape index (κ2) is 9.03. The van der Waals surface area contributed by atoms with Crippen LogP contribution in [0.1, 0.15) is 32.6 Å². The van der Waals surface area contributed by atoms with Crippen molar-refractivity contribution in [3.63, 3.8) is 0 Å². The quantitative estimate of drug-likeness (QED) is 0.772. The average Bonchev–Trinajstić information content (AvgIpc) is 3.30. The molecule has 0 radical (unpaired) electrons. The number of nitrogens with one attached hydrogen (secondary N) is 1. The number of amides is 2. The van der Waals surface area contributed by atoms with E-state index < -0.39 is 0 Å². The van der Waals surface area contributed by atoms with Gasteiger partial charge in [0.2, 0.25) is 5.91 Å². The number of nitrogens with zero attached hydrogens (tertiary/aromatic N) is 2. The van der Waals surface area contributed by atoms with Crippen molar-refractivity contribution in [2.75, 3.05) is 44.2 Å². The zero-order valence-electron chi connectivity index (χ0n) is 15.6. The van der Waals surface area contributed by atoms with E-state index in [0.717, 1.165) is 25.2 Å².